The number of nitrogens with one attached hydrogen (secondary N) is 3. The van der Waals surface area contributed by atoms with Gasteiger partial charge in [-0.2, -0.15) is 5.26 Å². The predicted octanol–water partition coefficient (Wildman–Crippen LogP) is 8.48. The van der Waals surface area contributed by atoms with Crippen LogP contribution in [0.3, 0.4) is 0 Å². The molecule has 0 aromatic heterocycles. The van der Waals surface area contributed by atoms with Crippen LogP contribution in [0.5, 0.6) is 11.5 Å². The average Bonchev–Trinajstić information content (AvgIpc) is 3.19. The Hall–Kier alpha value is -7.32. The number of nitrogens with zero attached hydrogens (tertiary/aromatic N) is 1. The van der Waals surface area contributed by atoms with Crippen molar-refractivity contribution in [2.75, 3.05) is 16.0 Å². The lowest BCUT2D eigenvalue weighted by Gasteiger charge is -2.14. The summed E-state index contributed by atoms with van der Waals surface area (Å²) >= 11 is 0. The normalized spacial score (nSPS) is 11.5. The molecule has 5 aromatic rings. The van der Waals surface area contributed by atoms with Gasteiger partial charge in [0.2, 0.25) is 5.91 Å². The van der Waals surface area contributed by atoms with Gasteiger partial charge < -0.3 is 26.2 Å². The molecule has 5 N–H and O–H groups in total. The van der Waals surface area contributed by atoms with Crippen molar-refractivity contribution in [1.82, 2.24) is 0 Å². The quantitative estimate of drug-likeness (QED) is 0.0551. The molecule has 0 spiro atoms. The van der Waals surface area contributed by atoms with Crippen molar-refractivity contribution in [2.45, 2.75) is 47.0 Å². The number of benzene rings is 5. The summed E-state index contributed by atoms with van der Waals surface area (Å²) in [5.41, 5.74) is 6.35. The van der Waals surface area contributed by atoms with E-state index in [4.69, 9.17) is 0 Å². The second-order valence-electron chi connectivity index (χ2n) is 13.8. The van der Waals surface area contributed by atoms with Crippen LogP contribution in [0.1, 0.15) is 78.7 Å². The maximum Gasteiger partial charge on any atom is 0.255 e. The van der Waals surface area contributed by atoms with Gasteiger partial charge >= 0.3 is 0 Å². The molecule has 11 heteroatoms. The number of rotatable bonds is 14. The van der Waals surface area contributed by atoms with Crippen LogP contribution in [-0.4, -0.2) is 39.5 Å². The monoisotopic (exact) mass is 762 g/mol. The van der Waals surface area contributed by atoms with Crippen LogP contribution in [-0.2, 0) is 16.0 Å². The first-order chi connectivity index (χ1) is 27.2. The number of allylic oxidation sites excluding steroid dienone is 1. The molecule has 11 nitrogen and oxygen atoms in total. The first kappa shape index (κ1) is 40.9. The summed E-state index contributed by atoms with van der Waals surface area (Å²) in [5, 5.41) is 37.5. The Kier molecular flexibility index (Phi) is 13.1. The van der Waals surface area contributed by atoms with E-state index in [0.29, 0.717) is 61.6 Å². The lowest BCUT2D eigenvalue weighted by atomic mass is 9.94. The van der Waals surface area contributed by atoms with E-state index < -0.39 is 17.7 Å². The van der Waals surface area contributed by atoms with E-state index in [-0.39, 0.29) is 48.2 Å². The van der Waals surface area contributed by atoms with Gasteiger partial charge in [0.15, 0.2) is 11.6 Å². The molecule has 0 saturated carbocycles. The van der Waals surface area contributed by atoms with Gasteiger partial charge in [0.25, 0.3) is 11.8 Å². The van der Waals surface area contributed by atoms with Gasteiger partial charge in [-0.25, -0.2) is 0 Å². The van der Waals surface area contributed by atoms with E-state index in [1.807, 2.05) is 6.07 Å². The van der Waals surface area contributed by atoms with E-state index in [9.17, 15) is 39.4 Å². The van der Waals surface area contributed by atoms with E-state index in [1.165, 1.54) is 12.1 Å². The Morgan fingerprint density at radius 3 is 1.95 bits per heavy atom. The third-order valence-electron chi connectivity index (χ3n) is 9.53. The number of carbonyl (C=O) groups is 5. The largest absolute Gasteiger partial charge is 0.508 e. The van der Waals surface area contributed by atoms with Crippen molar-refractivity contribution >= 4 is 52.4 Å². The minimum absolute atomic E-state index is 0.0948. The number of ketones is 2. The molecule has 5 rings (SSSR count). The molecule has 0 bridgehead atoms. The van der Waals surface area contributed by atoms with Gasteiger partial charge in [0.1, 0.15) is 11.5 Å². The molecule has 3 amide bonds. The zero-order valence-corrected chi connectivity index (χ0v) is 32.0. The molecule has 1 atom stereocenters. The minimum Gasteiger partial charge on any atom is -0.508 e. The van der Waals surface area contributed by atoms with Gasteiger partial charge in [-0.3, -0.25) is 24.0 Å². The fourth-order valence-electron chi connectivity index (χ4n) is 6.00. The Morgan fingerprint density at radius 2 is 1.30 bits per heavy atom. The summed E-state index contributed by atoms with van der Waals surface area (Å²) in [5.74, 6) is -2.40. The van der Waals surface area contributed by atoms with Gasteiger partial charge in [0, 0.05) is 58.6 Å². The fraction of sp³-hybridized carbons (Fsp3) is 0.174. The Morgan fingerprint density at radius 1 is 0.702 bits per heavy atom. The summed E-state index contributed by atoms with van der Waals surface area (Å²) in [6, 6.07) is 29.5. The van der Waals surface area contributed by atoms with Crippen LogP contribution in [0.4, 0.5) is 17.1 Å². The Labute approximate surface area is 330 Å². The average molecular weight is 763 g/mol. The molecule has 0 heterocycles. The number of hydrogen-bond donors (Lipinski definition) is 5. The number of aromatic hydroxyl groups is 2. The molecule has 0 aliphatic carbocycles. The highest BCUT2D eigenvalue weighted by Crippen LogP contribution is 2.29. The van der Waals surface area contributed by atoms with Crippen LogP contribution < -0.4 is 16.0 Å². The highest BCUT2D eigenvalue weighted by Gasteiger charge is 2.23. The van der Waals surface area contributed by atoms with Crippen molar-refractivity contribution in [3.8, 4) is 17.6 Å². The topological polar surface area (TPSA) is 186 Å². The molecule has 57 heavy (non-hydrogen) atoms. The highest BCUT2D eigenvalue weighted by molar-refractivity contribution is 6.08. The Balaban J connectivity index is 1.14. The van der Waals surface area contributed by atoms with Crippen molar-refractivity contribution < 1.29 is 34.2 Å². The predicted molar refractivity (Wildman–Crippen MR) is 219 cm³/mol. The maximum atomic E-state index is 13.2. The molecule has 0 saturated heterocycles. The number of hydrogen-bond acceptors (Lipinski definition) is 8. The Bertz CT molecular complexity index is 2410. The SMILES string of the molecule is C/C(=C\c1ccc(O)cc1)C(=O)Cc1ccc(C(=O)CC(CC#N)C(=O)Nc2ccc(C(=O)Nc3ccc(C(=O)Nc4ccc(C)c(O)c4C)cc3C)cc2)cc1. The number of anilines is 3. The highest BCUT2D eigenvalue weighted by atomic mass is 16.3. The number of phenols is 2. The van der Waals surface area contributed by atoms with Gasteiger partial charge in [0.05, 0.1) is 12.0 Å². The van der Waals surface area contributed by atoms with Crippen LogP contribution in [0.25, 0.3) is 6.08 Å². The number of aryl methyl sites for hydroxylation is 2. The molecule has 288 valence electrons. The van der Waals surface area contributed by atoms with E-state index in [1.54, 1.807) is 125 Å². The number of Topliss-reactive ketones (excluding diaryl/α,β-unsaturated/α-hetero) is 2. The second kappa shape index (κ2) is 18.3. The third kappa shape index (κ3) is 10.7. The zero-order chi connectivity index (χ0) is 41.2. The van der Waals surface area contributed by atoms with Gasteiger partial charge in [-0.15, -0.1) is 0 Å². The van der Waals surface area contributed by atoms with E-state index in [2.05, 4.69) is 16.0 Å². The molecule has 1 unspecified atom stereocenters. The molecule has 0 aliphatic heterocycles. The summed E-state index contributed by atoms with van der Waals surface area (Å²) in [6.07, 6.45) is 1.47. The number of amides is 3. The van der Waals surface area contributed by atoms with Crippen LogP contribution >= 0.6 is 0 Å². The molecule has 0 radical (unpaired) electrons. The standard InChI is InChI=1S/C46H42N4O7/c1-27-5-19-40(30(4)43(27)54)50-46(57)35-14-20-39(28(2)24-35)49-44(55)34-12-15-37(16-13-34)48-45(56)36(21-22-47)26-42(53)33-10-6-32(7-11-33)25-41(52)29(3)23-31-8-17-38(51)18-9-31/h5-20,23-24,36,51,54H,21,25-26H2,1-4H3,(H,48,56)(H,49,55)(H,50,57)/b29-23+. The number of nitriles is 1. The maximum absolute atomic E-state index is 13.2. The molecule has 0 fully saturated rings. The van der Waals surface area contributed by atoms with Crippen LogP contribution in [0.2, 0.25) is 0 Å². The second-order valence-corrected chi connectivity index (χ2v) is 13.8. The van der Waals surface area contributed by atoms with Crippen molar-refractivity contribution in [2.24, 2.45) is 5.92 Å². The van der Waals surface area contributed by atoms with Crippen molar-refractivity contribution in [1.29, 1.82) is 5.26 Å². The zero-order valence-electron chi connectivity index (χ0n) is 32.0. The first-order valence-corrected chi connectivity index (χ1v) is 18.2. The van der Waals surface area contributed by atoms with E-state index in [0.717, 1.165) is 5.56 Å². The molecular weight excluding hydrogens is 721 g/mol. The number of carbonyl (C=O) groups excluding carboxylic acids is 5. The summed E-state index contributed by atoms with van der Waals surface area (Å²) in [4.78, 5) is 65.1. The van der Waals surface area contributed by atoms with Crippen LogP contribution in [0, 0.1) is 38.0 Å². The van der Waals surface area contributed by atoms with Crippen LogP contribution in [0.15, 0.2) is 109 Å². The van der Waals surface area contributed by atoms with Gasteiger partial charge in [-0.1, -0.05) is 42.5 Å². The number of phenolic OH excluding ortho intramolecular Hbond substituents is 2. The smallest absolute Gasteiger partial charge is 0.255 e. The van der Waals surface area contributed by atoms with Crippen molar-refractivity contribution in [3.63, 3.8) is 0 Å². The van der Waals surface area contributed by atoms with Gasteiger partial charge in [-0.05, 0) is 122 Å². The molecule has 0 aliphatic rings. The molecular formula is C46H42N4O7. The lowest BCUT2D eigenvalue weighted by Crippen LogP contribution is -2.25. The first-order valence-electron chi connectivity index (χ1n) is 18.2. The van der Waals surface area contributed by atoms with Crippen molar-refractivity contribution in [3.05, 3.63) is 153 Å². The fourth-order valence-corrected chi connectivity index (χ4v) is 6.00. The molecule has 5 aromatic carbocycles. The summed E-state index contributed by atoms with van der Waals surface area (Å²) in [7, 11) is 0. The summed E-state index contributed by atoms with van der Waals surface area (Å²) < 4.78 is 0. The summed E-state index contributed by atoms with van der Waals surface area (Å²) in [6.45, 7) is 6.97. The van der Waals surface area contributed by atoms with E-state index >= 15 is 0 Å². The lowest BCUT2D eigenvalue weighted by molar-refractivity contribution is -0.119. The minimum atomic E-state index is -0.930. The third-order valence-corrected chi connectivity index (χ3v) is 9.53.